The van der Waals surface area contributed by atoms with Crippen molar-refractivity contribution in [1.82, 2.24) is 15.5 Å². The number of nitrogens with one attached hydrogen (secondary N) is 2. The molecule has 1 aliphatic heterocycles. The van der Waals surface area contributed by atoms with E-state index in [1.807, 2.05) is 39.8 Å². The number of carbonyl (C=O) groups excluding carboxylic acids is 2. The summed E-state index contributed by atoms with van der Waals surface area (Å²) in [6.07, 6.45) is 1.97. The molecule has 0 aromatic heterocycles. The Balaban J connectivity index is 1.67. The molecule has 7 nitrogen and oxygen atoms in total. The van der Waals surface area contributed by atoms with Gasteiger partial charge < -0.3 is 25.7 Å². The molecule has 1 saturated heterocycles. The number of aliphatic hydroxyl groups is 2. The molecule has 2 fully saturated rings. The molecule has 3 rings (SSSR count). The molecule has 1 heterocycles. The van der Waals surface area contributed by atoms with Crippen molar-refractivity contribution in [3.63, 3.8) is 0 Å². The molecule has 1 aromatic rings. The maximum atomic E-state index is 13.4. The largest absolute Gasteiger partial charge is 0.393 e. The molecular formula is C24H36ClN3O4. The van der Waals surface area contributed by atoms with E-state index in [-0.39, 0.29) is 30.0 Å². The number of nitrogens with zero attached hydrogens (tertiary/aromatic N) is 1. The standard InChI is InChI=1S/C24H36ClN3O4/c1-15(2)20(27-22(31)26-18-9-10-19(29)13-18)21(30)28-12-11-24(32,23(3,4)14-28)16-5-7-17(25)8-6-16/h5-8,15,18-20,29,32H,9-14H2,1-4H3,(H2,26,27,31). The van der Waals surface area contributed by atoms with E-state index in [1.165, 1.54) is 0 Å². The fourth-order valence-corrected chi connectivity index (χ4v) is 5.06. The molecule has 8 heteroatoms. The van der Waals surface area contributed by atoms with Gasteiger partial charge >= 0.3 is 6.03 Å². The third-order valence-electron chi connectivity index (χ3n) is 7.04. The van der Waals surface area contributed by atoms with Gasteiger partial charge in [0.15, 0.2) is 0 Å². The molecule has 3 amide bonds. The first kappa shape index (κ1) is 24.8. The van der Waals surface area contributed by atoms with Gasteiger partial charge in [-0.3, -0.25) is 4.79 Å². The molecule has 2 aliphatic rings. The third kappa shape index (κ3) is 5.21. The number of amides is 3. The topological polar surface area (TPSA) is 102 Å². The molecular weight excluding hydrogens is 430 g/mol. The quantitative estimate of drug-likeness (QED) is 0.536. The summed E-state index contributed by atoms with van der Waals surface area (Å²) in [5.41, 5.74) is -0.899. The number of hydrogen-bond acceptors (Lipinski definition) is 4. The highest BCUT2D eigenvalue weighted by Gasteiger charge is 2.50. The zero-order chi connectivity index (χ0) is 23.7. The van der Waals surface area contributed by atoms with Crippen LogP contribution in [0.4, 0.5) is 4.79 Å². The average Bonchev–Trinajstić information content (AvgIpc) is 3.12. The highest BCUT2D eigenvalue weighted by molar-refractivity contribution is 6.30. The van der Waals surface area contributed by atoms with Crippen LogP contribution in [0.3, 0.4) is 0 Å². The summed E-state index contributed by atoms with van der Waals surface area (Å²) in [7, 11) is 0. The van der Waals surface area contributed by atoms with Gasteiger partial charge in [0.25, 0.3) is 0 Å². The minimum atomic E-state index is -1.09. The number of halogens is 1. The van der Waals surface area contributed by atoms with Gasteiger partial charge in [0.2, 0.25) is 5.91 Å². The third-order valence-corrected chi connectivity index (χ3v) is 7.29. The monoisotopic (exact) mass is 465 g/mol. The summed E-state index contributed by atoms with van der Waals surface area (Å²) in [6, 6.07) is 6.08. The van der Waals surface area contributed by atoms with E-state index in [0.717, 1.165) is 12.0 Å². The molecule has 32 heavy (non-hydrogen) atoms. The molecule has 0 bridgehead atoms. The Labute approximate surface area is 195 Å². The summed E-state index contributed by atoms with van der Waals surface area (Å²) >= 11 is 6.01. The van der Waals surface area contributed by atoms with Crippen molar-refractivity contribution in [2.24, 2.45) is 11.3 Å². The zero-order valence-corrected chi connectivity index (χ0v) is 20.2. The van der Waals surface area contributed by atoms with Gasteiger partial charge in [-0.2, -0.15) is 0 Å². The molecule has 0 spiro atoms. The molecule has 1 aliphatic carbocycles. The molecule has 4 N–H and O–H groups in total. The number of aliphatic hydroxyl groups excluding tert-OH is 1. The molecule has 4 atom stereocenters. The predicted octanol–water partition coefficient (Wildman–Crippen LogP) is 3.02. The Morgan fingerprint density at radius 2 is 1.84 bits per heavy atom. The molecule has 1 aromatic carbocycles. The lowest BCUT2D eigenvalue weighted by Crippen LogP contribution is -2.61. The van der Waals surface area contributed by atoms with Gasteiger partial charge in [-0.05, 0) is 49.3 Å². The Bertz CT molecular complexity index is 829. The van der Waals surface area contributed by atoms with Crippen LogP contribution in [0.25, 0.3) is 0 Å². The van der Waals surface area contributed by atoms with E-state index in [2.05, 4.69) is 10.6 Å². The van der Waals surface area contributed by atoms with Crippen molar-refractivity contribution in [2.75, 3.05) is 13.1 Å². The number of carbonyl (C=O) groups is 2. The van der Waals surface area contributed by atoms with E-state index in [0.29, 0.717) is 37.4 Å². The number of benzene rings is 1. The van der Waals surface area contributed by atoms with E-state index in [1.54, 1.807) is 17.0 Å². The first-order valence-electron chi connectivity index (χ1n) is 11.5. The summed E-state index contributed by atoms with van der Waals surface area (Å²) in [6.45, 7) is 8.48. The van der Waals surface area contributed by atoms with Crippen molar-refractivity contribution in [2.45, 2.75) is 77.2 Å². The summed E-state index contributed by atoms with van der Waals surface area (Å²) in [5, 5.41) is 27.5. The summed E-state index contributed by atoms with van der Waals surface area (Å²) < 4.78 is 0. The van der Waals surface area contributed by atoms with Crippen LogP contribution in [-0.2, 0) is 10.4 Å². The van der Waals surface area contributed by atoms with Crippen molar-refractivity contribution < 1.29 is 19.8 Å². The Morgan fingerprint density at radius 3 is 2.38 bits per heavy atom. The zero-order valence-electron chi connectivity index (χ0n) is 19.4. The van der Waals surface area contributed by atoms with Crippen LogP contribution in [0.1, 0.15) is 58.9 Å². The lowest BCUT2D eigenvalue weighted by Gasteiger charge is -2.51. The van der Waals surface area contributed by atoms with Crippen LogP contribution in [0.2, 0.25) is 5.02 Å². The second-order valence-electron chi connectivity index (χ2n) is 10.3. The smallest absolute Gasteiger partial charge is 0.315 e. The van der Waals surface area contributed by atoms with Crippen LogP contribution in [0, 0.1) is 11.3 Å². The van der Waals surface area contributed by atoms with E-state index in [4.69, 9.17) is 11.6 Å². The SMILES string of the molecule is CC(C)C(NC(=O)NC1CCC(O)C1)C(=O)N1CCC(O)(c2ccc(Cl)cc2)C(C)(C)C1. The highest BCUT2D eigenvalue weighted by Crippen LogP contribution is 2.46. The molecule has 178 valence electrons. The van der Waals surface area contributed by atoms with Gasteiger partial charge in [0.05, 0.1) is 11.7 Å². The Kier molecular flexibility index (Phi) is 7.42. The van der Waals surface area contributed by atoms with Crippen molar-refractivity contribution in [1.29, 1.82) is 0 Å². The lowest BCUT2D eigenvalue weighted by atomic mass is 9.66. The van der Waals surface area contributed by atoms with Crippen LogP contribution in [0.5, 0.6) is 0 Å². The number of hydrogen-bond donors (Lipinski definition) is 4. The first-order chi connectivity index (χ1) is 14.9. The Morgan fingerprint density at radius 1 is 1.19 bits per heavy atom. The number of piperidine rings is 1. The second-order valence-corrected chi connectivity index (χ2v) is 10.7. The molecule has 4 unspecified atom stereocenters. The average molecular weight is 466 g/mol. The van der Waals surface area contributed by atoms with Gasteiger partial charge in [-0.25, -0.2) is 4.79 Å². The molecule has 0 radical (unpaired) electrons. The minimum Gasteiger partial charge on any atom is -0.393 e. The van der Waals surface area contributed by atoms with E-state index >= 15 is 0 Å². The maximum absolute atomic E-state index is 13.4. The second kappa shape index (κ2) is 9.57. The van der Waals surface area contributed by atoms with Crippen LogP contribution < -0.4 is 10.6 Å². The van der Waals surface area contributed by atoms with Crippen molar-refractivity contribution in [3.8, 4) is 0 Å². The van der Waals surface area contributed by atoms with Gasteiger partial charge in [0, 0.05) is 29.6 Å². The normalized spacial score (nSPS) is 28.4. The maximum Gasteiger partial charge on any atom is 0.315 e. The Hall–Kier alpha value is -1.83. The first-order valence-corrected chi connectivity index (χ1v) is 11.8. The number of likely N-dealkylation sites (tertiary alicyclic amines) is 1. The summed E-state index contributed by atoms with van der Waals surface area (Å²) in [4.78, 5) is 27.7. The number of rotatable bonds is 5. The van der Waals surface area contributed by atoms with Crippen molar-refractivity contribution >= 4 is 23.5 Å². The van der Waals surface area contributed by atoms with Crippen LogP contribution in [-0.4, -0.2) is 58.3 Å². The predicted molar refractivity (Wildman–Crippen MR) is 124 cm³/mol. The van der Waals surface area contributed by atoms with E-state index < -0.39 is 17.1 Å². The van der Waals surface area contributed by atoms with Gasteiger partial charge in [0.1, 0.15) is 6.04 Å². The van der Waals surface area contributed by atoms with Gasteiger partial charge in [-0.1, -0.05) is 51.4 Å². The van der Waals surface area contributed by atoms with Crippen molar-refractivity contribution in [3.05, 3.63) is 34.9 Å². The number of urea groups is 1. The van der Waals surface area contributed by atoms with Crippen LogP contribution in [0.15, 0.2) is 24.3 Å². The minimum absolute atomic E-state index is 0.0729. The summed E-state index contributed by atoms with van der Waals surface area (Å²) in [5.74, 6) is -0.240. The van der Waals surface area contributed by atoms with Gasteiger partial charge in [-0.15, -0.1) is 0 Å². The van der Waals surface area contributed by atoms with Crippen LogP contribution >= 0.6 is 11.6 Å². The molecule has 1 saturated carbocycles. The lowest BCUT2D eigenvalue weighted by molar-refractivity contribution is -0.155. The fourth-order valence-electron chi connectivity index (χ4n) is 4.94. The fraction of sp³-hybridized carbons (Fsp3) is 0.667. The van der Waals surface area contributed by atoms with E-state index in [9.17, 15) is 19.8 Å². The highest BCUT2D eigenvalue weighted by atomic mass is 35.5.